The van der Waals surface area contributed by atoms with E-state index >= 15 is 0 Å². The fourth-order valence-electron chi connectivity index (χ4n) is 2.26. The van der Waals surface area contributed by atoms with Gasteiger partial charge in [0.05, 0.1) is 0 Å². The second-order valence-electron chi connectivity index (χ2n) is 6.10. The number of hydrogen-bond acceptors (Lipinski definition) is 2. The normalized spacial score (nSPS) is 14.8. The van der Waals surface area contributed by atoms with Crippen molar-refractivity contribution in [3.63, 3.8) is 0 Å². The molecule has 0 spiro atoms. The van der Waals surface area contributed by atoms with Crippen molar-refractivity contribution in [3.05, 3.63) is 35.4 Å². The third-order valence-electron chi connectivity index (χ3n) is 3.33. The first-order valence-corrected chi connectivity index (χ1v) is 9.11. The van der Waals surface area contributed by atoms with Crippen LogP contribution >= 0.6 is 0 Å². The topological polar surface area (TPSA) is 29.1 Å². The van der Waals surface area contributed by atoms with E-state index in [1.807, 2.05) is 0 Å². The fraction of sp³-hybridized carbons (Fsp3) is 0.647. The molecule has 1 aromatic rings. The zero-order valence-corrected chi connectivity index (χ0v) is 14.3. The van der Waals surface area contributed by atoms with Crippen LogP contribution in [-0.4, -0.2) is 22.3 Å². The van der Waals surface area contributed by atoms with Gasteiger partial charge in [-0.2, -0.15) is 0 Å². The van der Waals surface area contributed by atoms with Gasteiger partial charge in [0.2, 0.25) is 0 Å². The average molecular weight is 295 g/mol. The number of rotatable bonds is 8. The van der Waals surface area contributed by atoms with Gasteiger partial charge in [-0.15, -0.1) is 0 Å². The van der Waals surface area contributed by atoms with E-state index in [1.54, 1.807) is 0 Å². The van der Waals surface area contributed by atoms with Gasteiger partial charge in [-0.3, -0.25) is 4.21 Å². The Labute approximate surface area is 126 Å². The van der Waals surface area contributed by atoms with Crippen LogP contribution < -0.4 is 5.32 Å². The molecule has 0 bridgehead atoms. The molecule has 0 radical (unpaired) electrons. The molecule has 0 fully saturated rings. The molecule has 0 saturated heterocycles. The molecule has 0 saturated carbocycles. The average Bonchev–Trinajstić information content (AvgIpc) is 2.37. The second kappa shape index (κ2) is 8.58. The van der Waals surface area contributed by atoms with Crippen molar-refractivity contribution in [3.8, 4) is 0 Å². The largest absolute Gasteiger partial charge is 0.309 e. The molecule has 1 N–H and O–H groups in total. The minimum absolute atomic E-state index is 0.195. The van der Waals surface area contributed by atoms with Crippen LogP contribution in [0.2, 0.25) is 0 Å². The summed E-state index contributed by atoms with van der Waals surface area (Å²) >= 11 is 0. The zero-order chi connectivity index (χ0) is 15.1. The van der Waals surface area contributed by atoms with E-state index in [2.05, 4.69) is 64.2 Å². The van der Waals surface area contributed by atoms with Crippen molar-refractivity contribution in [2.75, 3.05) is 18.1 Å². The van der Waals surface area contributed by atoms with Crippen LogP contribution in [0.1, 0.15) is 57.7 Å². The van der Waals surface area contributed by atoms with Crippen molar-refractivity contribution in [1.29, 1.82) is 0 Å². The smallest absolute Gasteiger partial charge is 0.0436 e. The Morgan fingerprint density at radius 2 is 1.55 bits per heavy atom. The first-order valence-electron chi connectivity index (χ1n) is 7.62. The predicted molar refractivity (Wildman–Crippen MR) is 89.7 cm³/mol. The highest BCUT2D eigenvalue weighted by molar-refractivity contribution is 7.85. The van der Waals surface area contributed by atoms with Crippen LogP contribution in [0.15, 0.2) is 24.3 Å². The molecule has 2 atom stereocenters. The van der Waals surface area contributed by atoms with Gasteiger partial charge in [-0.25, -0.2) is 0 Å². The Balaban J connectivity index is 2.76. The first-order chi connectivity index (χ1) is 9.43. The van der Waals surface area contributed by atoms with Crippen LogP contribution in [0.3, 0.4) is 0 Å². The highest BCUT2D eigenvalue weighted by atomic mass is 32.2. The molecule has 114 valence electrons. The summed E-state index contributed by atoms with van der Waals surface area (Å²) in [4.78, 5) is 0. The lowest BCUT2D eigenvalue weighted by Crippen LogP contribution is -2.27. The molecule has 0 aromatic heterocycles. The van der Waals surface area contributed by atoms with E-state index in [-0.39, 0.29) is 6.04 Å². The number of nitrogens with one attached hydrogen (secondary N) is 1. The van der Waals surface area contributed by atoms with Gasteiger partial charge in [0, 0.05) is 28.3 Å². The van der Waals surface area contributed by atoms with Crippen LogP contribution in [0.25, 0.3) is 0 Å². The molecule has 2 nitrogen and oxygen atoms in total. The molecule has 2 unspecified atom stereocenters. The van der Waals surface area contributed by atoms with Gasteiger partial charge in [0.15, 0.2) is 0 Å². The SMILES string of the molecule is CCNC(CS(=O)CC(C)C)c1ccc(C(C)C)cc1. The van der Waals surface area contributed by atoms with E-state index in [0.29, 0.717) is 17.6 Å². The molecule has 0 heterocycles. The van der Waals surface area contributed by atoms with Gasteiger partial charge in [-0.1, -0.05) is 58.9 Å². The number of benzene rings is 1. The van der Waals surface area contributed by atoms with Gasteiger partial charge in [0.25, 0.3) is 0 Å². The van der Waals surface area contributed by atoms with Crippen LogP contribution in [-0.2, 0) is 10.8 Å². The van der Waals surface area contributed by atoms with Crippen molar-refractivity contribution in [2.45, 2.75) is 46.6 Å². The summed E-state index contributed by atoms with van der Waals surface area (Å²) in [6.45, 7) is 11.6. The Morgan fingerprint density at radius 3 is 2.00 bits per heavy atom. The van der Waals surface area contributed by atoms with Gasteiger partial charge in [-0.05, 0) is 29.5 Å². The van der Waals surface area contributed by atoms with Crippen LogP contribution in [0, 0.1) is 5.92 Å². The van der Waals surface area contributed by atoms with Crippen molar-refractivity contribution in [1.82, 2.24) is 5.32 Å². The van der Waals surface area contributed by atoms with E-state index in [0.717, 1.165) is 12.3 Å². The molecular weight excluding hydrogens is 266 g/mol. The summed E-state index contributed by atoms with van der Waals surface area (Å²) in [5.74, 6) is 2.53. The minimum Gasteiger partial charge on any atom is -0.309 e. The molecule has 0 amide bonds. The zero-order valence-electron chi connectivity index (χ0n) is 13.5. The van der Waals surface area contributed by atoms with Crippen LogP contribution in [0.5, 0.6) is 0 Å². The highest BCUT2D eigenvalue weighted by Gasteiger charge is 2.15. The fourth-order valence-corrected chi connectivity index (χ4v) is 3.82. The Morgan fingerprint density at radius 1 is 1.00 bits per heavy atom. The molecule has 0 aliphatic rings. The van der Waals surface area contributed by atoms with Crippen molar-refractivity contribution >= 4 is 10.8 Å². The summed E-state index contributed by atoms with van der Waals surface area (Å²) < 4.78 is 12.2. The van der Waals surface area contributed by atoms with Gasteiger partial charge in [0.1, 0.15) is 0 Å². The summed E-state index contributed by atoms with van der Waals surface area (Å²) in [5, 5.41) is 3.46. The number of hydrogen-bond donors (Lipinski definition) is 1. The summed E-state index contributed by atoms with van der Waals surface area (Å²) in [7, 11) is -0.759. The van der Waals surface area contributed by atoms with Crippen molar-refractivity contribution < 1.29 is 4.21 Å². The second-order valence-corrected chi connectivity index (χ2v) is 7.64. The molecule has 1 rings (SSSR count). The monoisotopic (exact) mass is 295 g/mol. The minimum atomic E-state index is -0.759. The maximum Gasteiger partial charge on any atom is 0.0436 e. The Kier molecular flexibility index (Phi) is 7.46. The first kappa shape index (κ1) is 17.4. The third kappa shape index (κ3) is 5.76. The summed E-state index contributed by atoms with van der Waals surface area (Å²) in [6.07, 6.45) is 0. The molecule has 0 aliphatic heterocycles. The quantitative estimate of drug-likeness (QED) is 0.789. The van der Waals surface area contributed by atoms with Gasteiger partial charge < -0.3 is 5.32 Å². The third-order valence-corrected chi connectivity index (χ3v) is 5.07. The van der Waals surface area contributed by atoms with E-state index in [9.17, 15) is 4.21 Å². The van der Waals surface area contributed by atoms with E-state index in [4.69, 9.17) is 0 Å². The standard InChI is InChI=1S/C17H29NOS/c1-6-18-17(12-20(19)11-13(2)3)16-9-7-15(8-10-16)14(4)5/h7-10,13-14,17-18H,6,11-12H2,1-5H3. The summed E-state index contributed by atoms with van der Waals surface area (Å²) in [5.41, 5.74) is 2.60. The Hall–Kier alpha value is -0.670. The lowest BCUT2D eigenvalue weighted by atomic mass is 9.99. The predicted octanol–water partition coefficient (Wildman–Crippen LogP) is 3.87. The molecular formula is C17H29NOS. The lowest BCUT2D eigenvalue weighted by molar-refractivity contribution is 0.590. The highest BCUT2D eigenvalue weighted by Crippen LogP contribution is 2.20. The van der Waals surface area contributed by atoms with E-state index < -0.39 is 10.8 Å². The molecule has 1 aromatic carbocycles. The van der Waals surface area contributed by atoms with Crippen molar-refractivity contribution in [2.24, 2.45) is 5.92 Å². The Bertz CT molecular complexity index is 412. The van der Waals surface area contributed by atoms with E-state index in [1.165, 1.54) is 11.1 Å². The maximum atomic E-state index is 12.2. The lowest BCUT2D eigenvalue weighted by Gasteiger charge is -2.19. The maximum absolute atomic E-state index is 12.2. The summed E-state index contributed by atoms with van der Waals surface area (Å²) in [6, 6.07) is 8.93. The molecule has 0 aliphatic carbocycles. The molecule has 3 heteroatoms. The molecule has 20 heavy (non-hydrogen) atoms. The van der Waals surface area contributed by atoms with Gasteiger partial charge >= 0.3 is 0 Å². The van der Waals surface area contributed by atoms with Crippen LogP contribution in [0.4, 0.5) is 0 Å².